The van der Waals surface area contributed by atoms with Crippen LogP contribution in [0.4, 0.5) is 0 Å². The smallest absolute Gasteiger partial charge is 0.416 e. The van der Waals surface area contributed by atoms with Crippen LogP contribution < -0.4 is 5.76 Å². The van der Waals surface area contributed by atoms with E-state index in [2.05, 4.69) is 25.8 Å². The zero-order valence-electron chi connectivity index (χ0n) is 15.6. The fourth-order valence-electron chi connectivity index (χ4n) is 3.26. The molecule has 0 aliphatic carbocycles. The van der Waals surface area contributed by atoms with Gasteiger partial charge in [0.25, 0.3) is 0 Å². The van der Waals surface area contributed by atoms with Gasteiger partial charge in [-0.15, -0.1) is 0 Å². The predicted octanol–water partition coefficient (Wildman–Crippen LogP) is 6.34. The maximum atomic E-state index is 11.2. The molecular weight excluding hydrogens is 286 g/mol. The van der Waals surface area contributed by atoms with E-state index in [0.717, 1.165) is 18.5 Å². The number of hydrogen-bond acceptors (Lipinski definition) is 2. The van der Waals surface area contributed by atoms with Gasteiger partial charge in [-0.3, -0.25) is 4.98 Å². The van der Waals surface area contributed by atoms with E-state index in [1.807, 2.05) is 0 Å². The van der Waals surface area contributed by atoms with E-state index < -0.39 is 0 Å². The Balaban J connectivity index is 2.06. The minimum Gasteiger partial charge on any atom is -0.416 e. The highest BCUT2D eigenvalue weighted by molar-refractivity contribution is 5.09. The third-order valence-corrected chi connectivity index (χ3v) is 5.28. The Labute approximate surface area is 142 Å². The number of oxazole rings is 1. The van der Waals surface area contributed by atoms with Crippen LogP contribution in [0.15, 0.2) is 15.5 Å². The van der Waals surface area contributed by atoms with E-state index in [9.17, 15) is 4.79 Å². The van der Waals surface area contributed by atoms with Gasteiger partial charge < -0.3 is 4.42 Å². The summed E-state index contributed by atoms with van der Waals surface area (Å²) in [5.74, 6) is -0.335. The fourth-order valence-corrected chi connectivity index (χ4v) is 3.26. The van der Waals surface area contributed by atoms with Gasteiger partial charge in [-0.2, -0.15) is 0 Å². The fraction of sp³-hybridized carbons (Fsp3) is 0.850. The molecule has 3 nitrogen and oxygen atoms in total. The van der Waals surface area contributed by atoms with Crippen molar-refractivity contribution < 1.29 is 4.42 Å². The van der Waals surface area contributed by atoms with Gasteiger partial charge in [0.2, 0.25) is 0 Å². The molecule has 1 atom stereocenters. The highest BCUT2D eigenvalue weighted by atomic mass is 16.4. The summed E-state index contributed by atoms with van der Waals surface area (Å²) in [5.41, 5.74) is 1.00. The van der Waals surface area contributed by atoms with Gasteiger partial charge in [0.15, 0.2) is 0 Å². The van der Waals surface area contributed by atoms with Crippen LogP contribution in [0.1, 0.15) is 110 Å². The van der Waals surface area contributed by atoms with Crippen LogP contribution in [0.3, 0.4) is 0 Å². The van der Waals surface area contributed by atoms with Crippen molar-refractivity contribution in [2.24, 2.45) is 0 Å². The molecule has 1 aromatic rings. The molecule has 0 saturated heterocycles. The molecule has 23 heavy (non-hydrogen) atoms. The monoisotopic (exact) mass is 323 g/mol. The SMILES string of the molecule is CCCCCCCCCCCCCC(C)(CC)c1coc(=O)[nH]1. The standard InChI is InChI=1S/C20H37NO2/c1-4-6-7-8-9-10-11-12-13-14-15-16-20(3,5-2)18-17-23-19(22)21-18/h17H,4-16H2,1-3H3,(H,21,22). The summed E-state index contributed by atoms with van der Waals surface area (Å²) in [5, 5.41) is 0. The van der Waals surface area contributed by atoms with Crippen LogP contribution in [0.25, 0.3) is 0 Å². The quantitative estimate of drug-likeness (QED) is 0.406. The van der Waals surface area contributed by atoms with Crippen LogP contribution in [-0.2, 0) is 5.41 Å². The number of H-pyrrole nitrogens is 1. The lowest BCUT2D eigenvalue weighted by atomic mass is 9.79. The molecular formula is C20H37NO2. The van der Waals surface area contributed by atoms with E-state index >= 15 is 0 Å². The third-order valence-electron chi connectivity index (χ3n) is 5.28. The predicted molar refractivity (Wildman–Crippen MR) is 98.0 cm³/mol. The van der Waals surface area contributed by atoms with Crippen molar-refractivity contribution in [3.63, 3.8) is 0 Å². The molecule has 134 valence electrons. The van der Waals surface area contributed by atoms with Crippen molar-refractivity contribution in [2.75, 3.05) is 0 Å². The first-order valence-corrected chi connectivity index (χ1v) is 9.80. The molecule has 0 aliphatic rings. The molecule has 0 aliphatic heterocycles. The molecule has 1 rings (SSSR count). The molecule has 1 N–H and O–H groups in total. The Morgan fingerprint density at radius 3 is 1.87 bits per heavy atom. The summed E-state index contributed by atoms with van der Waals surface area (Å²) < 4.78 is 4.91. The Morgan fingerprint density at radius 2 is 1.43 bits per heavy atom. The second-order valence-corrected chi connectivity index (χ2v) is 7.26. The van der Waals surface area contributed by atoms with Crippen molar-refractivity contribution in [1.29, 1.82) is 0 Å². The van der Waals surface area contributed by atoms with Gasteiger partial charge in [-0.1, -0.05) is 91.4 Å². The molecule has 1 heterocycles. The Kier molecular flexibility index (Phi) is 10.1. The van der Waals surface area contributed by atoms with Crippen LogP contribution in [0, 0.1) is 0 Å². The molecule has 0 amide bonds. The van der Waals surface area contributed by atoms with E-state index in [0.29, 0.717) is 0 Å². The number of aromatic amines is 1. The largest absolute Gasteiger partial charge is 0.416 e. The van der Waals surface area contributed by atoms with Gasteiger partial charge >= 0.3 is 5.76 Å². The van der Waals surface area contributed by atoms with E-state index in [-0.39, 0.29) is 11.2 Å². The van der Waals surface area contributed by atoms with Gasteiger partial charge in [-0.25, -0.2) is 4.79 Å². The van der Waals surface area contributed by atoms with Crippen LogP contribution in [0.2, 0.25) is 0 Å². The van der Waals surface area contributed by atoms with E-state index in [1.54, 1.807) is 6.26 Å². The first-order chi connectivity index (χ1) is 11.1. The summed E-state index contributed by atoms with van der Waals surface area (Å²) in [6.45, 7) is 6.68. The highest BCUT2D eigenvalue weighted by Crippen LogP contribution is 2.31. The van der Waals surface area contributed by atoms with Gasteiger partial charge in [0, 0.05) is 5.41 Å². The topological polar surface area (TPSA) is 46.0 Å². The van der Waals surface area contributed by atoms with Crippen molar-refractivity contribution in [2.45, 2.75) is 110 Å². The van der Waals surface area contributed by atoms with Crippen LogP contribution >= 0.6 is 0 Å². The molecule has 0 fully saturated rings. The zero-order valence-corrected chi connectivity index (χ0v) is 15.6. The first-order valence-electron chi connectivity index (χ1n) is 9.80. The second kappa shape index (κ2) is 11.5. The Hall–Kier alpha value is -0.990. The second-order valence-electron chi connectivity index (χ2n) is 7.26. The van der Waals surface area contributed by atoms with Crippen LogP contribution in [-0.4, -0.2) is 4.98 Å². The number of aromatic nitrogens is 1. The number of hydrogen-bond donors (Lipinski definition) is 1. The molecule has 0 radical (unpaired) electrons. The van der Waals surface area contributed by atoms with Crippen molar-refractivity contribution >= 4 is 0 Å². The lowest BCUT2D eigenvalue weighted by Crippen LogP contribution is -2.22. The van der Waals surface area contributed by atoms with E-state index in [1.165, 1.54) is 70.6 Å². The van der Waals surface area contributed by atoms with E-state index in [4.69, 9.17) is 4.42 Å². The minimum atomic E-state index is -0.335. The first kappa shape index (κ1) is 20.1. The van der Waals surface area contributed by atoms with Crippen molar-refractivity contribution in [3.05, 3.63) is 22.5 Å². The molecule has 0 bridgehead atoms. The summed E-state index contributed by atoms with van der Waals surface area (Å²) >= 11 is 0. The number of rotatable bonds is 14. The maximum Gasteiger partial charge on any atom is 0.416 e. The maximum absolute atomic E-state index is 11.2. The highest BCUT2D eigenvalue weighted by Gasteiger charge is 2.26. The summed E-state index contributed by atoms with van der Waals surface area (Å²) in [6, 6.07) is 0. The van der Waals surface area contributed by atoms with Gasteiger partial charge in [-0.05, 0) is 12.8 Å². The molecule has 1 aromatic heterocycles. The summed E-state index contributed by atoms with van der Waals surface area (Å²) in [6.07, 6.45) is 18.8. The molecule has 0 spiro atoms. The Bertz CT molecular complexity index is 448. The average molecular weight is 324 g/mol. The molecule has 0 aromatic carbocycles. The number of unbranched alkanes of at least 4 members (excludes halogenated alkanes) is 10. The van der Waals surface area contributed by atoms with Gasteiger partial charge in [0.05, 0.1) is 5.69 Å². The summed E-state index contributed by atoms with van der Waals surface area (Å²) in [7, 11) is 0. The van der Waals surface area contributed by atoms with Crippen molar-refractivity contribution in [1.82, 2.24) is 4.98 Å². The minimum absolute atomic E-state index is 0.0471. The molecule has 1 unspecified atom stereocenters. The zero-order chi connectivity index (χ0) is 17.0. The molecule has 0 saturated carbocycles. The normalized spacial score (nSPS) is 14.0. The lowest BCUT2D eigenvalue weighted by Gasteiger charge is -2.26. The Morgan fingerprint density at radius 1 is 0.913 bits per heavy atom. The average Bonchev–Trinajstić information content (AvgIpc) is 2.99. The van der Waals surface area contributed by atoms with Gasteiger partial charge in [0.1, 0.15) is 6.26 Å². The summed E-state index contributed by atoms with van der Waals surface area (Å²) in [4.78, 5) is 14.0. The van der Waals surface area contributed by atoms with Crippen LogP contribution in [0.5, 0.6) is 0 Å². The van der Waals surface area contributed by atoms with Crippen molar-refractivity contribution in [3.8, 4) is 0 Å². The molecule has 3 heteroatoms. The third kappa shape index (κ3) is 7.90. The lowest BCUT2D eigenvalue weighted by molar-refractivity contribution is 0.382. The number of nitrogens with one attached hydrogen (secondary N) is 1.